The number of rotatable bonds is 6. The number of nitrogens with zero attached hydrogens (tertiary/aromatic N) is 2. The van der Waals surface area contributed by atoms with Gasteiger partial charge in [0.05, 0.1) is 38.4 Å². The van der Waals surface area contributed by atoms with E-state index in [9.17, 15) is 9.59 Å². The van der Waals surface area contributed by atoms with Gasteiger partial charge in [-0.1, -0.05) is 12.1 Å². The number of ether oxygens (including phenoxy) is 3. The molecule has 1 N–H and O–H groups in total. The minimum absolute atomic E-state index is 0.171. The number of aromatic nitrogens is 2. The van der Waals surface area contributed by atoms with E-state index in [0.717, 1.165) is 11.4 Å². The maximum Gasteiger partial charge on any atom is 0.375 e. The fraction of sp³-hybridized carbons (Fsp3) is 0.278. The van der Waals surface area contributed by atoms with Crippen molar-refractivity contribution in [3.05, 3.63) is 53.2 Å². The molecule has 0 fully saturated rings. The topological polar surface area (TPSA) is 91.7 Å². The zero-order chi connectivity index (χ0) is 19.3. The van der Waals surface area contributed by atoms with E-state index < -0.39 is 11.9 Å². The van der Waals surface area contributed by atoms with Crippen LogP contribution in [0.2, 0.25) is 0 Å². The first-order chi connectivity index (χ1) is 12.4. The second-order valence-corrected chi connectivity index (χ2v) is 5.37. The predicted octanol–water partition coefficient (Wildman–Crippen LogP) is 2.11. The van der Waals surface area contributed by atoms with Gasteiger partial charge in [0.2, 0.25) is 5.76 Å². The number of hydrogen-bond acceptors (Lipinski definition) is 7. The highest BCUT2D eigenvalue weighted by molar-refractivity contribution is 6.01. The predicted molar refractivity (Wildman–Crippen MR) is 94.7 cm³/mol. The molecule has 8 nitrogen and oxygen atoms in total. The summed E-state index contributed by atoms with van der Waals surface area (Å²) < 4.78 is 16.2. The highest BCUT2D eigenvalue weighted by atomic mass is 16.6. The molecule has 2 aromatic rings. The van der Waals surface area contributed by atoms with Gasteiger partial charge in [0.1, 0.15) is 0 Å². The zero-order valence-electron chi connectivity index (χ0n) is 15.3. The van der Waals surface area contributed by atoms with Crippen LogP contribution in [0.1, 0.15) is 11.4 Å². The Hall–Kier alpha value is -3.29. The van der Waals surface area contributed by atoms with E-state index in [1.807, 2.05) is 32.0 Å². The molecule has 1 aromatic carbocycles. The molecule has 26 heavy (non-hydrogen) atoms. The van der Waals surface area contributed by atoms with Gasteiger partial charge in [0.15, 0.2) is 5.70 Å². The number of methoxy groups -OCH3 is 3. The lowest BCUT2D eigenvalue weighted by Gasteiger charge is -2.16. The molecule has 0 amide bonds. The summed E-state index contributed by atoms with van der Waals surface area (Å²) in [6.07, 6.45) is 0. The largest absolute Gasteiger partial charge is 0.488 e. The minimum atomic E-state index is -0.802. The smallest absolute Gasteiger partial charge is 0.375 e. The molecular formula is C18H21N3O5. The zero-order valence-corrected chi connectivity index (χ0v) is 15.3. The first-order valence-corrected chi connectivity index (χ1v) is 7.77. The van der Waals surface area contributed by atoms with Crippen LogP contribution in [0.5, 0.6) is 0 Å². The molecule has 0 saturated heterocycles. The van der Waals surface area contributed by atoms with Crippen molar-refractivity contribution in [2.24, 2.45) is 0 Å². The number of anilines is 1. The molecule has 0 atom stereocenters. The van der Waals surface area contributed by atoms with Gasteiger partial charge in [-0.2, -0.15) is 5.10 Å². The van der Waals surface area contributed by atoms with Crippen LogP contribution in [-0.2, 0) is 23.8 Å². The maximum absolute atomic E-state index is 12.2. The molecule has 0 aliphatic rings. The Balaban J connectivity index is 2.57. The van der Waals surface area contributed by atoms with Gasteiger partial charge in [0, 0.05) is 5.69 Å². The van der Waals surface area contributed by atoms with Crippen molar-refractivity contribution in [1.82, 2.24) is 9.78 Å². The van der Waals surface area contributed by atoms with Crippen LogP contribution >= 0.6 is 0 Å². The third kappa shape index (κ3) is 3.85. The summed E-state index contributed by atoms with van der Waals surface area (Å²) >= 11 is 0. The molecule has 2 rings (SSSR count). The molecule has 0 saturated carbocycles. The molecule has 0 spiro atoms. The SMILES string of the molecule is COC(=O)/C(Nc1ccccc1-n1nc(C)cc1C)=C(/OC)C(=O)OC. The average Bonchev–Trinajstić information content (AvgIpc) is 2.98. The molecular weight excluding hydrogens is 338 g/mol. The van der Waals surface area contributed by atoms with Crippen LogP contribution in [0.15, 0.2) is 41.8 Å². The van der Waals surface area contributed by atoms with Crippen LogP contribution in [0.4, 0.5) is 5.69 Å². The van der Waals surface area contributed by atoms with Crippen molar-refractivity contribution in [3.8, 4) is 5.69 Å². The Labute approximate surface area is 151 Å². The van der Waals surface area contributed by atoms with Crippen molar-refractivity contribution < 1.29 is 23.8 Å². The lowest BCUT2D eigenvalue weighted by Crippen LogP contribution is -2.22. The molecule has 0 aliphatic heterocycles. The summed E-state index contributed by atoms with van der Waals surface area (Å²) in [4.78, 5) is 24.1. The molecule has 138 valence electrons. The number of carbonyl (C=O) groups is 2. The van der Waals surface area contributed by atoms with E-state index >= 15 is 0 Å². The Morgan fingerprint density at radius 3 is 2.19 bits per heavy atom. The first kappa shape index (κ1) is 19.0. The third-order valence-electron chi connectivity index (χ3n) is 3.59. The van der Waals surface area contributed by atoms with Crippen LogP contribution in [0.3, 0.4) is 0 Å². The van der Waals surface area contributed by atoms with E-state index in [0.29, 0.717) is 11.4 Å². The van der Waals surface area contributed by atoms with E-state index in [-0.39, 0.29) is 11.5 Å². The molecule has 0 bridgehead atoms. The Kier molecular flexibility index (Phi) is 6.00. The number of carbonyl (C=O) groups excluding carboxylic acids is 2. The summed E-state index contributed by atoms with van der Waals surface area (Å²) in [5, 5.41) is 7.37. The van der Waals surface area contributed by atoms with Gasteiger partial charge in [0.25, 0.3) is 0 Å². The highest BCUT2D eigenvalue weighted by Crippen LogP contribution is 2.24. The van der Waals surface area contributed by atoms with Crippen LogP contribution < -0.4 is 5.32 Å². The fourth-order valence-corrected chi connectivity index (χ4v) is 2.45. The normalized spacial score (nSPS) is 11.4. The van der Waals surface area contributed by atoms with E-state index in [2.05, 4.69) is 15.2 Å². The molecule has 1 heterocycles. The second-order valence-electron chi connectivity index (χ2n) is 5.37. The van der Waals surface area contributed by atoms with Gasteiger partial charge in [-0.3, -0.25) is 0 Å². The second kappa shape index (κ2) is 8.19. The molecule has 0 unspecified atom stereocenters. The fourth-order valence-electron chi connectivity index (χ4n) is 2.45. The maximum atomic E-state index is 12.2. The number of esters is 2. The lowest BCUT2D eigenvalue weighted by molar-refractivity contribution is -0.142. The molecule has 8 heteroatoms. The Morgan fingerprint density at radius 1 is 1.00 bits per heavy atom. The summed E-state index contributed by atoms with van der Waals surface area (Å²) in [5.74, 6) is -1.86. The quantitative estimate of drug-likeness (QED) is 0.480. The average molecular weight is 359 g/mol. The number of benzene rings is 1. The molecule has 0 radical (unpaired) electrons. The van der Waals surface area contributed by atoms with Crippen molar-refractivity contribution in [2.45, 2.75) is 13.8 Å². The standard InChI is InChI=1S/C18H21N3O5/c1-11-10-12(2)21(20-11)14-9-7-6-8-13(14)19-15(17(22)25-4)16(24-3)18(23)26-5/h6-10,19H,1-5H3/b16-15-. The Bertz CT molecular complexity index is 854. The first-order valence-electron chi connectivity index (χ1n) is 7.77. The van der Waals surface area contributed by atoms with Crippen LogP contribution in [0, 0.1) is 13.8 Å². The number of nitrogens with one attached hydrogen (secondary N) is 1. The van der Waals surface area contributed by atoms with E-state index in [1.54, 1.807) is 16.8 Å². The van der Waals surface area contributed by atoms with Crippen molar-refractivity contribution in [3.63, 3.8) is 0 Å². The molecule has 0 aliphatic carbocycles. The van der Waals surface area contributed by atoms with Crippen molar-refractivity contribution in [1.29, 1.82) is 0 Å². The number of hydrogen-bond donors (Lipinski definition) is 1. The van der Waals surface area contributed by atoms with E-state index in [4.69, 9.17) is 9.47 Å². The van der Waals surface area contributed by atoms with E-state index in [1.165, 1.54) is 21.3 Å². The highest BCUT2D eigenvalue weighted by Gasteiger charge is 2.25. The number of para-hydroxylation sites is 2. The summed E-state index contributed by atoms with van der Waals surface area (Å²) in [6.45, 7) is 3.81. The Morgan fingerprint density at radius 2 is 1.65 bits per heavy atom. The van der Waals surface area contributed by atoms with Gasteiger partial charge in [-0.25, -0.2) is 14.3 Å². The minimum Gasteiger partial charge on any atom is -0.488 e. The van der Waals surface area contributed by atoms with Gasteiger partial charge in [-0.15, -0.1) is 0 Å². The number of aryl methyl sites for hydroxylation is 2. The van der Waals surface area contributed by atoms with Gasteiger partial charge < -0.3 is 19.5 Å². The van der Waals surface area contributed by atoms with Gasteiger partial charge >= 0.3 is 11.9 Å². The summed E-state index contributed by atoms with van der Waals surface area (Å²) in [6, 6.07) is 9.15. The van der Waals surface area contributed by atoms with Crippen LogP contribution in [0.25, 0.3) is 5.69 Å². The summed E-state index contributed by atoms with van der Waals surface area (Å²) in [5.41, 5.74) is 2.83. The summed E-state index contributed by atoms with van der Waals surface area (Å²) in [7, 11) is 3.67. The molecule has 1 aromatic heterocycles. The lowest BCUT2D eigenvalue weighted by atomic mass is 10.2. The van der Waals surface area contributed by atoms with Crippen molar-refractivity contribution in [2.75, 3.05) is 26.6 Å². The van der Waals surface area contributed by atoms with Gasteiger partial charge in [-0.05, 0) is 32.0 Å². The van der Waals surface area contributed by atoms with Crippen LogP contribution in [-0.4, -0.2) is 43.0 Å². The monoisotopic (exact) mass is 359 g/mol. The third-order valence-corrected chi connectivity index (χ3v) is 3.59. The van der Waals surface area contributed by atoms with Crippen molar-refractivity contribution >= 4 is 17.6 Å².